The highest BCUT2D eigenvalue weighted by Crippen LogP contribution is 2.30. The van der Waals surface area contributed by atoms with E-state index in [1.165, 1.54) is 11.3 Å². The molecule has 0 spiro atoms. The lowest BCUT2D eigenvalue weighted by molar-refractivity contribution is -0.116. The van der Waals surface area contributed by atoms with Crippen LogP contribution in [0.4, 0.5) is 5.13 Å². The first kappa shape index (κ1) is 13.5. The minimum absolute atomic E-state index is 0.00659. The minimum Gasteiger partial charge on any atom is -0.342 e. The monoisotopic (exact) mass is 312 g/mol. The summed E-state index contributed by atoms with van der Waals surface area (Å²) in [6.45, 7) is 0. The molecule has 0 bridgehead atoms. The van der Waals surface area contributed by atoms with E-state index in [4.69, 9.17) is 0 Å². The second kappa shape index (κ2) is 5.53. The van der Waals surface area contributed by atoms with Gasteiger partial charge in [0.05, 0.1) is 16.7 Å². The van der Waals surface area contributed by atoms with Gasteiger partial charge < -0.3 is 10.3 Å². The molecule has 2 N–H and O–H groups in total. The predicted molar refractivity (Wildman–Crippen MR) is 87.2 cm³/mol. The third kappa shape index (κ3) is 2.62. The van der Waals surface area contributed by atoms with Gasteiger partial charge in [-0.05, 0) is 31.4 Å². The molecular weight excluding hydrogens is 296 g/mol. The topological polar surface area (TPSA) is 70.7 Å². The predicted octanol–water partition coefficient (Wildman–Crippen LogP) is 3.08. The number of hydrogen-bond acceptors (Lipinski definition) is 4. The zero-order valence-electron chi connectivity index (χ0n) is 12.1. The van der Waals surface area contributed by atoms with Crippen LogP contribution in [0.3, 0.4) is 0 Å². The Kier molecular flexibility index (Phi) is 3.38. The highest BCUT2D eigenvalue weighted by atomic mass is 32.1. The van der Waals surface area contributed by atoms with Crippen LogP contribution in [-0.2, 0) is 24.1 Å². The van der Waals surface area contributed by atoms with Crippen molar-refractivity contribution in [1.82, 2.24) is 15.0 Å². The van der Waals surface area contributed by atoms with Gasteiger partial charge in [0, 0.05) is 17.7 Å². The Balaban J connectivity index is 1.37. The van der Waals surface area contributed by atoms with Gasteiger partial charge in [-0.3, -0.25) is 4.79 Å². The van der Waals surface area contributed by atoms with Crippen molar-refractivity contribution in [3.05, 3.63) is 40.7 Å². The van der Waals surface area contributed by atoms with Crippen molar-refractivity contribution < 1.29 is 4.79 Å². The second-order valence-corrected chi connectivity index (χ2v) is 6.57. The highest BCUT2D eigenvalue weighted by Gasteiger charge is 2.17. The van der Waals surface area contributed by atoms with E-state index in [2.05, 4.69) is 20.3 Å². The summed E-state index contributed by atoms with van der Waals surface area (Å²) >= 11 is 1.61. The summed E-state index contributed by atoms with van der Waals surface area (Å²) in [5.41, 5.74) is 3.11. The van der Waals surface area contributed by atoms with Gasteiger partial charge in [-0.15, -0.1) is 11.3 Å². The Bertz CT molecular complexity index is 781. The van der Waals surface area contributed by atoms with E-state index >= 15 is 0 Å². The lowest BCUT2D eigenvalue weighted by Gasteiger charge is -2.00. The molecule has 3 aromatic rings. The van der Waals surface area contributed by atoms with Crippen molar-refractivity contribution >= 4 is 33.4 Å². The normalized spacial score (nSPS) is 13.5. The van der Waals surface area contributed by atoms with Crippen LogP contribution in [0.2, 0.25) is 0 Å². The maximum atomic E-state index is 12.0. The number of nitrogens with one attached hydrogen (secondary N) is 2. The number of carbonyl (C=O) groups excluding carboxylic acids is 1. The quantitative estimate of drug-likeness (QED) is 0.777. The number of H-pyrrole nitrogens is 1. The molecular formula is C16H16N4OS. The number of rotatable bonds is 4. The Hall–Kier alpha value is -2.21. The zero-order valence-corrected chi connectivity index (χ0v) is 12.9. The molecule has 0 aliphatic heterocycles. The summed E-state index contributed by atoms with van der Waals surface area (Å²) < 4.78 is 0. The number of imidazole rings is 1. The lowest BCUT2D eigenvalue weighted by atomic mass is 10.3. The summed E-state index contributed by atoms with van der Waals surface area (Å²) in [6, 6.07) is 7.88. The number of hydrogen-bond donors (Lipinski definition) is 2. The van der Waals surface area contributed by atoms with Crippen molar-refractivity contribution in [2.45, 2.75) is 32.1 Å². The Labute approximate surface area is 131 Å². The molecule has 0 radical (unpaired) electrons. The van der Waals surface area contributed by atoms with Gasteiger partial charge in [0.2, 0.25) is 5.91 Å². The molecule has 1 aromatic carbocycles. The fraction of sp³-hybridized carbons (Fsp3) is 0.312. The van der Waals surface area contributed by atoms with Crippen LogP contribution in [0.1, 0.15) is 29.2 Å². The number of amides is 1. The van der Waals surface area contributed by atoms with E-state index in [0.29, 0.717) is 12.8 Å². The Morgan fingerprint density at radius 1 is 1.27 bits per heavy atom. The summed E-state index contributed by atoms with van der Waals surface area (Å²) in [7, 11) is 0. The first-order chi connectivity index (χ1) is 10.8. The summed E-state index contributed by atoms with van der Waals surface area (Å²) in [5.74, 6) is 0.839. The molecule has 112 valence electrons. The summed E-state index contributed by atoms with van der Waals surface area (Å²) in [4.78, 5) is 25.6. The molecule has 2 aromatic heterocycles. The van der Waals surface area contributed by atoms with E-state index < -0.39 is 0 Å². The molecule has 4 rings (SSSR count). The van der Waals surface area contributed by atoms with Gasteiger partial charge in [0.25, 0.3) is 0 Å². The Morgan fingerprint density at radius 3 is 3.05 bits per heavy atom. The number of aryl methyl sites for hydroxylation is 3. The number of nitrogens with zero attached hydrogens (tertiary/aromatic N) is 2. The van der Waals surface area contributed by atoms with Gasteiger partial charge in [0.1, 0.15) is 5.82 Å². The van der Waals surface area contributed by atoms with Crippen LogP contribution in [0.5, 0.6) is 0 Å². The molecule has 0 saturated heterocycles. The number of anilines is 1. The number of aromatic nitrogens is 3. The van der Waals surface area contributed by atoms with Gasteiger partial charge in [-0.2, -0.15) is 0 Å². The average Bonchev–Trinajstić information content (AvgIpc) is 3.18. The Morgan fingerprint density at radius 2 is 2.18 bits per heavy atom. The summed E-state index contributed by atoms with van der Waals surface area (Å²) in [5, 5.41) is 3.64. The molecule has 1 aliphatic rings. The maximum absolute atomic E-state index is 12.0. The van der Waals surface area contributed by atoms with E-state index in [-0.39, 0.29) is 5.91 Å². The van der Waals surface area contributed by atoms with Crippen LogP contribution in [0.25, 0.3) is 11.0 Å². The standard InChI is InChI=1S/C16H16N4OS/c21-15(20-16-19-12-6-3-7-13(12)22-16)9-8-14-17-10-4-1-2-5-11(10)18-14/h1-2,4-5H,3,6-9H2,(H,17,18)(H,19,20,21). The maximum Gasteiger partial charge on any atom is 0.226 e. The van der Waals surface area contributed by atoms with Crippen LogP contribution in [0.15, 0.2) is 24.3 Å². The molecule has 1 amide bonds. The molecule has 5 nitrogen and oxygen atoms in total. The van der Waals surface area contributed by atoms with Crippen LogP contribution in [0, 0.1) is 0 Å². The van der Waals surface area contributed by atoms with E-state index in [0.717, 1.165) is 40.5 Å². The molecule has 0 atom stereocenters. The fourth-order valence-electron chi connectivity index (χ4n) is 2.78. The number of para-hydroxylation sites is 2. The van der Waals surface area contributed by atoms with Gasteiger partial charge in [0.15, 0.2) is 5.13 Å². The molecule has 0 saturated carbocycles. The van der Waals surface area contributed by atoms with Crippen LogP contribution < -0.4 is 5.32 Å². The SMILES string of the molecule is O=C(CCc1nc2ccccc2[nH]1)Nc1nc2c(s1)CCC2. The zero-order chi connectivity index (χ0) is 14.9. The molecule has 1 aliphatic carbocycles. The van der Waals surface area contributed by atoms with Gasteiger partial charge >= 0.3 is 0 Å². The van der Waals surface area contributed by atoms with Crippen LogP contribution >= 0.6 is 11.3 Å². The van der Waals surface area contributed by atoms with Crippen molar-refractivity contribution in [3.8, 4) is 0 Å². The third-order valence-corrected chi connectivity index (χ3v) is 4.94. The molecule has 6 heteroatoms. The van der Waals surface area contributed by atoms with Gasteiger partial charge in [-0.1, -0.05) is 12.1 Å². The summed E-state index contributed by atoms with van der Waals surface area (Å²) in [6.07, 6.45) is 4.34. The largest absolute Gasteiger partial charge is 0.342 e. The van der Waals surface area contributed by atoms with E-state index in [1.54, 1.807) is 11.3 Å². The highest BCUT2D eigenvalue weighted by molar-refractivity contribution is 7.15. The first-order valence-electron chi connectivity index (χ1n) is 7.50. The van der Waals surface area contributed by atoms with E-state index in [9.17, 15) is 4.79 Å². The van der Waals surface area contributed by atoms with Crippen molar-refractivity contribution in [1.29, 1.82) is 0 Å². The molecule has 0 fully saturated rings. The average molecular weight is 312 g/mol. The van der Waals surface area contributed by atoms with Crippen molar-refractivity contribution in [2.24, 2.45) is 0 Å². The second-order valence-electron chi connectivity index (χ2n) is 5.49. The fourth-order valence-corrected chi connectivity index (χ4v) is 3.85. The molecule has 2 heterocycles. The lowest BCUT2D eigenvalue weighted by Crippen LogP contribution is -2.12. The number of benzene rings is 1. The van der Waals surface area contributed by atoms with Crippen molar-refractivity contribution in [3.63, 3.8) is 0 Å². The number of fused-ring (bicyclic) bond motifs is 2. The number of thiazole rings is 1. The van der Waals surface area contributed by atoms with E-state index in [1.807, 2.05) is 24.3 Å². The van der Waals surface area contributed by atoms with Crippen molar-refractivity contribution in [2.75, 3.05) is 5.32 Å². The number of carbonyl (C=O) groups is 1. The smallest absolute Gasteiger partial charge is 0.226 e. The molecule has 0 unspecified atom stereocenters. The molecule has 22 heavy (non-hydrogen) atoms. The van der Waals surface area contributed by atoms with Gasteiger partial charge in [-0.25, -0.2) is 9.97 Å². The minimum atomic E-state index is -0.00659. The first-order valence-corrected chi connectivity index (χ1v) is 8.31. The number of aromatic amines is 1. The third-order valence-electron chi connectivity index (χ3n) is 3.87. The van der Waals surface area contributed by atoms with Crippen LogP contribution in [-0.4, -0.2) is 20.9 Å².